The maximum absolute atomic E-state index is 10.6. The molecule has 1 N–H and O–H groups in total. The van der Waals surface area contributed by atoms with Gasteiger partial charge in [-0.05, 0) is 37.1 Å². The summed E-state index contributed by atoms with van der Waals surface area (Å²) >= 11 is 1.29. The molecule has 18 heavy (non-hydrogen) atoms. The van der Waals surface area contributed by atoms with E-state index in [9.17, 15) is 4.79 Å². The number of carboxylic acids is 1. The molecule has 0 bridgehead atoms. The van der Waals surface area contributed by atoms with Crippen LogP contribution in [0.2, 0.25) is 0 Å². The van der Waals surface area contributed by atoms with Crippen molar-refractivity contribution in [1.29, 1.82) is 0 Å². The third-order valence-corrected chi connectivity index (χ3v) is 3.74. The average molecular weight is 261 g/mol. The topological polar surface area (TPSA) is 50.2 Å². The molecule has 3 nitrogen and oxygen atoms in total. The Morgan fingerprint density at radius 2 is 2.17 bits per heavy atom. The largest absolute Gasteiger partial charge is 0.481 e. The molecular formula is C14H15NO2S. The van der Waals surface area contributed by atoms with Gasteiger partial charge in [-0.15, -0.1) is 0 Å². The van der Waals surface area contributed by atoms with Crippen molar-refractivity contribution in [2.75, 3.05) is 5.75 Å². The summed E-state index contributed by atoms with van der Waals surface area (Å²) in [5.74, 6) is -0.759. The number of thioether (sulfide) groups is 1. The van der Waals surface area contributed by atoms with Crippen molar-refractivity contribution >= 4 is 28.6 Å². The van der Waals surface area contributed by atoms with Crippen molar-refractivity contribution < 1.29 is 9.90 Å². The van der Waals surface area contributed by atoms with Crippen LogP contribution in [0.5, 0.6) is 0 Å². The van der Waals surface area contributed by atoms with Crippen molar-refractivity contribution in [2.45, 2.75) is 25.3 Å². The van der Waals surface area contributed by atoms with E-state index < -0.39 is 5.97 Å². The molecule has 0 aliphatic heterocycles. The zero-order chi connectivity index (χ0) is 13.1. The van der Waals surface area contributed by atoms with Crippen LogP contribution in [0.3, 0.4) is 0 Å². The third kappa shape index (κ3) is 2.82. The van der Waals surface area contributed by atoms with Crippen molar-refractivity contribution in [3.05, 3.63) is 35.4 Å². The number of hydrogen-bond acceptors (Lipinski definition) is 3. The number of carbonyl (C=O) groups is 1. The molecule has 1 aromatic heterocycles. The highest BCUT2D eigenvalue weighted by Gasteiger charge is 2.08. The Kier molecular flexibility index (Phi) is 3.87. The maximum atomic E-state index is 10.6. The predicted octanol–water partition coefficient (Wildman–Crippen LogP) is 3.28. The molecular weight excluding hydrogens is 246 g/mol. The van der Waals surface area contributed by atoms with Gasteiger partial charge in [-0.2, -0.15) is 0 Å². The number of carboxylic acid groups (broad SMARTS) is 1. The first-order valence-corrected chi connectivity index (χ1v) is 6.83. The zero-order valence-corrected chi connectivity index (χ0v) is 11.3. The monoisotopic (exact) mass is 261 g/mol. The van der Waals surface area contributed by atoms with Gasteiger partial charge >= 0.3 is 5.97 Å². The van der Waals surface area contributed by atoms with Crippen LogP contribution in [0.4, 0.5) is 0 Å². The van der Waals surface area contributed by atoms with Gasteiger partial charge < -0.3 is 5.11 Å². The first kappa shape index (κ1) is 12.9. The first-order valence-electron chi connectivity index (χ1n) is 5.85. The van der Waals surface area contributed by atoms with E-state index in [1.165, 1.54) is 17.3 Å². The van der Waals surface area contributed by atoms with Crippen LogP contribution < -0.4 is 0 Å². The first-order chi connectivity index (χ1) is 8.60. The number of aromatic nitrogens is 1. The maximum Gasteiger partial charge on any atom is 0.313 e. The molecule has 0 radical (unpaired) electrons. The van der Waals surface area contributed by atoms with Gasteiger partial charge in [0, 0.05) is 5.39 Å². The van der Waals surface area contributed by atoms with Crippen molar-refractivity contribution in [2.24, 2.45) is 0 Å². The van der Waals surface area contributed by atoms with Crippen LogP contribution in [-0.2, 0) is 11.2 Å². The normalized spacial score (nSPS) is 10.8. The van der Waals surface area contributed by atoms with E-state index >= 15 is 0 Å². The molecule has 0 fully saturated rings. The number of aryl methyl sites for hydroxylation is 2. The fourth-order valence-corrected chi connectivity index (χ4v) is 2.64. The van der Waals surface area contributed by atoms with E-state index in [0.29, 0.717) is 0 Å². The molecule has 0 aliphatic carbocycles. The lowest BCUT2D eigenvalue weighted by Crippen LogP contribution is -2.00. The Labute approximate surface area is 110 Å². The van der Waals surface area contributed by atoms with Gasteiger partial charge in [0.25, 0.3) is 0 Å². The molecule has 0 unspecified atom stereocenters. The van der Waals surface area contributed by atoms with Crippen LogP contribution in [0.15, 0.2) is 29.3 Å². The minimum Gasteiger partial charge on any atom is -0.481 e. The standard InChI is InChI=1S/C14H15NO2S/c1-3-10-7-11-6-9(2)4-5-12(11)15-14(10)18-8-13(16)17/h4-7H,3,8H2,1-2H3,(H,16,17). The molecule has 0 aliphatic rings. The molecule has 94 valence electrons. The van der Waals surface area contributed by atoms with Crippen LogP contribution >= 0.6 is 11.8 Å². The number of aliphatic carboxylic acids is 1. The summed E-state index contributed by atoms with van der Waals surface area (Å²) in [7, 11) is 0. The highest BCUT2D eigenvalue weighted by molar-refractivity contribution is 7.99. The molecule has 0 amide bonds. The van der Waals surface area contributed by atoms with Crippen molar-refractivity contribution in [1.82, 2.24) is 4.98 Å². The lowest BCUT2D eigenvalue weighted by Gasteiger charge is -2.08. The summed E-state index contributed by atoms with van der Waals surface area (Å²) in [5, 5.41) is 10.7. The molecule has 0 spiro atoms. The number of pyridine rings is 1. The summed E-state index contributed by atoms with van der Waals surface area (Å²) < 4.78 is 0. The smallest absolute Gasteiger partial charge is 0.313 e. The third-order valence-electron chi connectivity index (χ3n) is 2.72. The van der Waals surface area contributed by atoms with Gasteiger partial charge in [-0.25, -0.2) is 4.98 Å². The molecule has 4 heteroatoms. The lowest BCUT2D eigenvalue weighted by atomic mass is 10.1. The summed E-state index contributed by atoms with van der Waals surface area (Å²) in [6, 6.07) is 8.22. The van der Waals surface area contributed by atoms with Crippen LogP contribution in [-0.4, -0.2) is 21.8 Å². The van der Waals surface area contributed by atoms with E-state index in [-0.39, 0.29) is 5.75 Å². The van der Waals surface area contributed by atoms with E-state index in [1.807, 2.05) is 12.1 Å². The minimum absolute atomic E-state index is 0.0529. The second-order valence-electron chi connectivity index (χ2n) is 4.18. The number of rotatable bonds is 4. The quantitative estimate of drug-likeness (QED) is 0.858. The van der Waals surface area contributed by atoms with Gasteiger partial charge in [0.05, 0.1) is 11.3 Å². The molecule has 1 aromatic carbocycles. The van der Waals surface area contributed by atoms with E-state index in [4.69, 9.17) is 5.11 Å². The van der Waals surface area contributed by atoms with Crippen LogP contribution in [0.1, 0.15) is 18.1 Å². The highest BCUT2D eigenvalue weighted by Crippen LogP contribution is 2.25. The van der Waals surface area contributed by atoms with Gasteiger partial charge in [0.15, 0.2) is 0 Å². The average Bonchev–Trinajstić information content (AvgIpc) is 2.35. The SMILES string of the molecule is CCc1cc2cc(C)ccc2nc1SCC(=O)O. The Morgan fingerprint density at radius 3 is 2.83 bits per heavy atom. The molecule has 1 heterocycles. The summed E-state index contributed by atoms with van der Waals surface area (Å²) in [6.45, 7) is 4.11. The predicted molar refractivity (Wildman–Crippen MR) is 74.2 cm³/mol. The Morgan fingerprint density at radius 1 is 1.39 bits per heavy atom. The fraction of sp³-hybridized carbons (Fsp3) is 0.286. The van der Waals surface area contributed by atoms with Crippen molar-refractivity contribution in [3.8, 4) is 0 Å². The molecule has 0 atom stereocenters. The lowest BCUT2D eigenvalue weighted by molar-refractivity contribution is -0.133. The van der Waals surface area contributed by atoms with Gasteiger partial charge in [-0.1, -0.05) is 30.3 Å². The Bertz CT molecular complexity index is 596. The number of nitrogens with zero attached hydrogens (tertiary/aromatic N) is 1. The summed E-state index contributed by atoms with van der Waals surface area (Å²) in [6.07, 6.45) is 0.860. The fourth-order valence-electron chi connectivity index (χ4n) is 1.83. The molecule has 2 rings (SSSR count). The second kappa shape index (κ2) is 5.40. The summed E-state index contributed by atoms with van der Waals surface area (Å²) in [4.78, 5) is 15.2. The van der Waals surface area contributed by atoms with Crippen LogP contribution in [0.25, 0.3) is 10.9 Å². The van der Waals surface area contributed by atoms with Gasteiger partial charge in [0.2, 0.25) is 0 Å². The Balaban J connectivity index is 2.45. The highest BCUT2D eigenvalue weighted by atomic mass is 32.2. The summed E-state index contributed by atoms with van der Waals surface area (Å²) in [5.41, 5.74) is 3.24. The van der Waals surface area contributed by atoms with E-state index in [1.54, 1.807) is 0 Å². The van der Waals surface area contributed by atoms with Gasteiger partial charge in [0.1, 0.15) is 5.03 Å². The molecule has 2 aromatic rings. The molecule has 0 saturated heterocycles. The molecule has 0 saturated carbocycles. The minimum atomic E-state index is -0.812. The van der Waals surface area contributed by atoms with Crippen molar-refractivity contribution in [3.63, 3.8) is 0 Å². The Hall–Kier alpha value is -1.55. The van der Waals surface area contributed by atoms with Gasteiger partial charge in [-0.3, -0.25) is 4.79 Å². The number of hydrogen-bond donors (Lipinski definition) is 1. The number of benzene rings is 1. The zero-order valence-electron chi connectivity index (χ0n) is 10.4. The van der Waals surface area contributed by atoms with E-state index in [2.05, 4.69) is 31.0 Å². The number of fused-ring (bicyclic) bond motifs is 1. The second-order valence-corrected chi connectivity index (χ2v) is 5.15. The van der Waals surface area contributed by atoms with Crippen LogP contribution in [0, 0.1) is 6.92 Å². The van der Waals surface area contributed by atoms with E-state index in [0.717, 1.165) is 27.9 Å².